The van der Waals surface area contributed by atoms with Crippen molar-refractivity contribution in [2.24, 2.45) is 0 Å². The van der Waals surface area contributed by atoms with Gasteiger partial charge in [-0.1, -0.05) is 23.4 Å². The fourth-order valence-electron chi connectivity index (χ4n) is 2.51. The van der Waals surface area contributed by atoms with E-state index >= 15 is 0 Å². The molecular weight excluding hydrogens is 274 g/mol. The zero-order valence-electron chi connectivity index (χ0n) is 11.5. The number of methoxy groups -OCH3 is 1. The molecule has 1 aromatic heterocycles. The lowest BCUT2D eigenvalue weighted by Gasteiger charge is -2.11. The zero-order valence-corrected chi connectivity index (χ0v) is 11.5. The number of carboxylic acids is 1. The van der Waals surface area contributed by atoms with Gasteiger partial charge in [-0.3, -0.25) is 0 Å². The minimum atomic E-state index is -1.10. The molecule has 0 saturated carbocycles. The highest BCUT2D eigenvalue weighted by atomic mass is 16.5. The number of ether oxygens (including phenoxy) is 2. The van der Waals surface area contributed by atoms with Gasteiger partial charge in [0.15, 0.2) is 5.69 Å². The van der Waals surface area contributed by atoms with E-state index in [9.17, 15) is 4.79 Å². The van der Waals surface area contributed by atoms with E-state index in [1.165, 1.54) is 7.11 Å². The van der Waals surface area contributed by atoms with Crippen molar-refractivity contribution in [1.29, 1.82) is 0 Å². The van der Waals surface area contributed by atoms with Crippen LogP contribution in [0.1, 0.15) is 27.7 Å². The first-order valence-electron chi connectivity index (χ1n) is 6.57. The molecule has 1 atom stereocenters. The van der Waals surface area contributed by atoms with Crippen LogP contribution in [0.4, 0.5) is 0 Å². The summed E-state index contributed by atoms with van der Waals surface area (Å²) in [5, 5.41) is 16.8. The van der Waals surface area contributed by atoms with Gasteiger partial charge in [0.25, 0.3) is 0 Å². The third-order valence-corrected chi connectivity index (χ3v) is 3.51. The van der Waals surface area contributed by atoms with Gasteiger partial charge in [0.05, 0.1) is 25.5 Å². The predicted molar refractivity (Wildman–Crippen MR) is 72.4 cm³/mol. The monoisotopic (exact) mass is 289 g/mol. The number of hydrogen-bond donors (Lipinski definition) is 1. The molecule has 2 aromatic rings. The molecule has 1 aliphatic heterocycles. The van der Waals surface area contributed by atoms with E-state index in [1.807, 2.05) is 24.3 Å². The van der Waals surface area contributed by atoms with E-state index in [-0.39, 0.29) is 18.2 Å². The number of fused-ring (bicyclic) bond motifs is 1. The maximum absolute atomic E-state index is 11.1. The van der Waals surface area contributed by atoms with Crippen molar-refractivity contribution in [2.75, 3.05) is 13.7 Å². The quantitative estimate of drug-likeness (QED) is 0.892. The number of nitrogens with zero attached hydrogens (tertiary/aromatic N) is 3. The topological polar surface area (TPSA) is 86.5 Å². The van der Waals surface area contributed by atoms with Crippen molar-refractivity contribution in [1.82, 2.24) is 15.0 Å². The Hall–Kier alpha value is -2.41. The molecule has 0 bridgehead atoms. The van der Waals surface area contributed by atoms with Gasteiger partial charge >= 0.3 is 5.97 Å². The summed E-state index contributed by atoms with van der Waals surface area (Å²) < 4.78 is 12.3. The summed E-state index contributed by atoms with van der Waals surface area (Å²) in [5.74, 6) is -0.106. The lowest BCUT2D eigenvalue weighted by molar-refractivity contribution is 0.0684. The lowest BCUT2D eigenvalue weighted by Crippen LogP contribution is -2.15. The molecule has 0 amide bonds. The SMILES string of the molecule is COCc1c(C(=O)O)nnn1CC1COc2ccccc21. The van der Waals surface area contributed by atoms with Crippen molar-refractivity contribution in [3.63, 3.8) is 0 Å². The van der Waals surface area contributed by atoms with Crippen LogP contribution in [0.3, 0.4) is 0 Å². The van der Waals surface area contributed by atoms with Gasteiger partial charge in [-0.2, -0.15) is 0 Å². The molecule has 110 valence electrons. The van der Waals surface area contributed by atoms with Crippen molar-refractivity contribution < 1.29 is 19.4 Å². The second kappa shape index (κ2) is 5.53. The average Bonchev–Trinajstić information content (AvgIpc) is 3.06. The molecule has 21 heavy (non-hydrogen) atoms. The highest BCUT2D eigenvalue weighted by molar-refractivity contribution is 5.86. The normalized spacial score (nSPS) is 16.5. The highest BCUT2D eigenvalue weighted by Gasteiger charge is 2.27. The van der Waals surface area contributed by atoms with Crippen LogP contribution < -0.4 is 4.74 Å². The summed E-state index contributed by atoms with van der Waals surface area (Å²) in [7, 11) is 1.51. The van der Waals surface area contributed by atoms with Crippen LogP contribution in [0.25, 0.3) is 0 Å². The van der Waals surface area contributed by atoms with Gasteiger partial charge < -0.3 is 14.6 Å². The second-order valence-corrected chi connectivity index (χ2v) is 4.85. The van der Waals surface area contributed by atoms with Gasteiger partial charge in [-0.05, 0) is 6.07 Å². The van der Waals surface area contributed by atoms with Crippen LogP contribution in [0.5, 0.6) is 5.75 Å². The number of hydrogen-bond acceptors (Lipinski definition) is 5. The Morgan fingerprint density at radius 3 is 3.10 bits per heavy atom. The summed E-state index contributed by atoms with van der Waals surface area (Å²) in [6.45, 7) is 1.22. The molecule has 7 heteroatoms. The molecule has 0 spiro atoms. The van der Waals surface area contributed by atoms with Gasteiger partial charge in [0.1, 0.15) is 5.75 Å². The smallest absolute Gasteiger partial charge is 0.358 e. The first-order chi connectivity index (χ1) is 10.2. The van der Waals surface area contributed by atoms with Crippen LogP contribution in [0, 0.1) is 0 Å². The fraction of sp³-hybridized carbons (Fsp3) is 0.357. The first-order valence-corrected chi connectivity index (χ1v) is 6.57. The largest absolute Gasteiger partial charge is 0.493 e. The second-order valence-electron chi connectivity index (χ2n) is 4.85. The lowest BCUT2D eigenvalue weighted by atomic mass is 10.0. The zero-order chi connectivity index (χ0) is 14.8. The van der Waals surface area contributed by atoms with Gasteiger partial charge in [-0.25, -0.2) is 9.48 Å². The van der Waals surface area contributed by atoms with Crippen molar-refractivity contribution in [3.8, 4) is 5.75 Å². The number of carbonyl (C=O) groups is 1. The molecule has 0 radical (unpaired) electrons. The number of aromatic carboxylic acids is 1. The molecular formula is C14H15N3O4. The van der Waals surface area contributed by atoms with E-state index in [2.05, 4.69) is 10.3 Å². The number of para-hydroxylation sites is 1. The van der Waals surface area contributed by atoms with E-state index in [1.54, 1.807) is 4.68 Å². The van der Waals surface area contributed by atoms with Crippen LogP contribution in [-0.4, -0.2) is 39.8 Å². The van der Waals surface area contributed by atoms with Crippen LogP contribution >= 0.6 is 0 Å². The average molecular weight is 289 g/mol. The van der Waals surface area contributed by atoms with Crippen molar-refractivity contribution >= 4 is 5.97 Å². The third-order valence-electron chi connectivity index (χ3n) is 3.51. The summed E-state index contributed by atoms with van der Waals surface area (Å²) in [5.41, 5.74) is 1.51. The summed E-state index contributed by atoms with van der Waals surface area (Å²) in [4.78, 5) is 11.1. The minimum absolute atomic E-state index is 0.0657. The van der Waals surface area contributed by atoms with E-state index in [0.29, 0.717) is 18.8 Å². The Balaban J connectivity index is 1.87. The molecule has 1 N–H and O–H groups in total. The number of aromatic nitrogens is 3. The molecule has 0 fully saturated rings. The summed E-state index contributed by atoms with van der Waals surface area (Å²) in [6, 6.07) is 7.82. The first kappa shape index (κ1) is 13.6. The van der Waals surface area contributed by atoms with E-state index in [0.717, 1.165) is 11.3 Å². The Morgan fingerprint density at radius 2 is 2.33 bits per heavy atom. The van der Waals surface area contributed by atoms with Gasteiger partial charge in [0.2, 0.25) is 0 Å². The maximum atomic E-state index is 11.1. The number of carboxylic acid groups (broad SMARTS) is 1. The summed E-state index contributed by atoms with van der Waals surface area (Å²) in [6.07, 6.45) is 0. The third kappa shape index (κ3) is 2.47. The highest BCUT2D eigenvalue weighted by Crippen LogP contribution is 2.34. The molecule has 0 aliphatic carbocycles. The molecule has 2 heterocycles. The minimum Gasteiger partial charge on any atom is -0.493 e. The molecule has 0 saturated heterocycles. The Bertz CT molecular complexity index is 668. The molecule has 7 nitrogen and oxygen atoms in total. The van der Waals surface area contributed by atoms with Crippen molar-refractivity contribution in [2.45, 2.75) is 19.1 Å². The van der Waals surface area contributed by atoms with Crippen molar-refractivity contribution in [3.05, 3.63) is 41.2 Å². The molecule has 3 rings (SSSR count). The molecule has 1 unspecified atom stereocenters. The predicted octanol–water partition coefficient (Wildman–Crippen LogP) is 1.30. The summed E-state index contributed by atoms with van der Waals surface area (Å²) >= 11 is 0. The number of benzene rings is 1. The number of rotatable bonds is 5. The van der Waals surface area contributed by atoms with E-state index in [4.69, 9.17) is 14.6 Å². The fourth-order valence-corrected chi connectivity index (χ4v) is 2.51. The van der Waals surface area contributed by atoms with E-state index < -0.39 is 5.97 Å². The Labute approximate surface area is 121 Å². The van der Waals surface area contributed by atoms with Gasteiger partial charge in [0, 0.05) is 18.6 Å². The van der Waals surface area contributed by atoms with Crippen LogP contribution in [0.2, 0.25) is 0 Å². The van der Waals surface area contributed by atoms with Crippen LogP contribution in [-0.2, 0) is 17.9 Å². The molecule has 1 aliphatic rings. The molecule has 1 aromatic carbocycles. The van der Waals surface area contributed by atoms with Gasteiger partial charge in [-0.15, -0.1) is 5.10 Å². The van der Waals surface area contributed by atoms with Crippen LogP contribution in [0.15, 0.2) is 24.3 Å². The Kier molecular flexibility index (Phi) is 3.57. The maximum Gasteiger partial charge on any atom is 0.358 e. The standard InChI is InChI=1S/C14H15N3O4/c1-20-8-11-13(14(18)19)15-16-17(11)6-9-7-21-12-5-3-2-4-10(9)12/h2-5,9H,6-8H2,1H3,(H,18,19). The Morgan fingerprint density at radius 1 is 1.52 bits per heavy atom.